The van der Waals surface area contributed by atoms with Gasteiger partial charge in [0.15, 0.2) is 0 Å². The molecule has 0 aliphatic rings. The summed E-state index contributed by atoms with van der Waals surface area (Å²) in [5, 5.41) is 11.0. The van der Waals surface area contributed by atoms with Crippen LogP contribution in [0.25, 0.3) is 0 Å². The zero-order valence-corrected chi connectivity index (χ0v) is 12.9. The van der Waals surface area contributed by atoms with Gasteiger partial charge in [0.25, 0.3) is 0 Å². The molecular formula is C15H14BrClFNO. The summed E-state index contributed by atoms with van der Waals surface area (Å²) in [5.74, 6) is -0.772. The van der Waals surface area contributed by atoms with E-state index in [4.69, 9.17) is 17.3 Å². The van der Waals surface area contributed by atoms with E-state index in [0.717, 1.165) is 4.47 Å². The second-order valence-electron chi connectivity index (χ2n) is 4.51. The zero-order chi connectivity index (χ0) is 14.7. The molecule has 5 heteroatoms. The molecular weight excluding hydrogens is 345 g/mol. The van der Waals surface area contributed by atoms with Gasteiger partial charge >= 0.3 is 0 Å². The third-order valence-electron chi connectivity index (χ3n) is 3.19. The Kier molecular flexibility index (Phi) is 5.16. The van der Waals surface area contributed by atoms with E-state index in [1.807, 2.05) is 0 Å². The second kappa shape index (κ2) is 6.68. The normalized spacial score (nSPS) is 14.1. The van der Waals surface area contributed by atoms with Gasteiger partial charge in [-0.15, -0.1) is 0 Å². The van der Waals surface area contributed by atoms with E-state index in [9.17, 15) is 9.50 Å². The number of hydrogen-bond acceptors (Lipinski definition) is 2. The van der Waals surface area contributed by atoms with E-state index >= 15 is 0 Å². The minimum absolute atomic E-state index is 0.188. The van der Waals surface area contributed by atoms with Crippen LogP contribution in [0.15, 0.2) is 46.9 Å². The monoisotopic (exact) mass is 357 g/mol. The molecule has 0 spiro atoms. The van der Waals surface area contributed by atoms with Crippen LogP contribution in [0.4, 0.5) is 4.39 Å². The van der Waals surface area contributed by atoms with Crippen molar-refractivity contribution in [2.24, 2.45) is 5.73 Å². The Morgan fingerprint density at radius 2 is 2.00 bits per heavy atom. The number of halogens is 3. The summed E-state index contributed by atoms with van der Waals surface area (Å²) in [5.41, 5.74) is 6.96. The fraction of sp³-hybridized carbons (Fsp3) is 0.200. The van der Waals surface area contributed by atoms with Crippen LogP contribution < -0.4 is 5.73 Å². The highest BCUT2D eigenvalue weighted by atomic mass is 79.9. The molecule has 0 aromatic heterocycles. The Morgan fingerprint density at radius 1 is 1.25 bits per heavy atom. The van der Waals surface area contributed by atoms with Crippen LogP contribution in [0.2, 0.25) is 5.02 Å². The van der Waals surface area contributed by atoms with Crippen LogP contribution in [0.1, 0.15) is 23.1 Å². The number of benzene rings is 2. The van der Waals surface area contributed by atoms with Crippen molar-refractivity contribution in [3.8, 4) is 0 Å². The van der Waals surface area contributed by atoms with Crippen LogP contribution >= 0.6 is 27.5 Å². The van der Waals surface area contributed by atoms with Crippen molar-refractivity contribution in [2.75, 3.05) is 6.54 Å². The lowest BCUT2D eigenvalue weighted by molar-refractivity contribution is 0.147. The predicted octanol–water partition coefficient (Wildman–Crippen LogP) is 4.02. The van der Waals surface area contributed by atoms with Crippen molar-refractivity contribution in [1.82, 2.24) is 0 Å². The van der Waals surface area contributed by atoms with E-state index in [2.05, 4.69) is 15.9 Å². The highest BCUT2D eigenvalue weighted by Gasteiger charge is 2.24. The molecule has 20 heavy (non-hydrogen) atoms. The Hall–Kier alpha value is -0.940. The van der Waals surface area contributed by atoms with Crippen molar-refractivity contribution in [1.29, 1.82) is 0 Å². The van der Waals surface area contributed by atoms with Gasteiger partial charge in [-0.3, -0.25) is 0 Å². The highest BCUT2D eigenvalue weighted by molar-refractivity contribution is 9.10. The Balaban J connectivity index is 2.38. The van der Waals surface area contributed by atoms with Gasteiger partial charge in [0.05, 0.1) is 6.10 Å². The summed E-state index contributed by atoms with van der Waals surface area (Å²) in [6.07, 6.45) is -0.896. The lowest BCUT2D eigenvalue weighted by atomic mass is 9.89. The molecule has 0 heterocycles. The summed E-state index contributed by atoms with van der Waals surface area (Å²) < 4.78 is 14.1. The Bertz CT molecular complexity index is 608. The van der Waals surface area contributed by atoms with Gasteiger partial charge in [0.1, 0.15) is 5.82 Å². The molecule has 0 amide bonds. The maximum atomic E-state index is 13.3. The molecule has 0 aliphatic heterocycles. The highest BCUT2D eigenvalue weighted by Crippen LogP contribution is 2.35. The number of hydrogen-bond donors (Lipinski definition) is 2. The van der Waals surface area contributed by atoms with E-state index in [1.54, 1.807) is 30.3 Å². The lowest BCUT2D eigenvalue weighted by Crippen LogP contribution is -2.20. The molecule has 0 saturated heterocycles. The van der Waals surface area contributed by atoms with Gasteiger partial charge in [0.2, 0.25) is 0 Å². The fourth-order valence-corrected chi connectivity index (χ4v) is 2.75. The molecule has 2 aromatic rings. The van der Waals surface area contributed by atoms with Crippen molar-refractivity contribution in [3.63, 3.8) is 0 Å². The van der Waals surface area contributed by atoms with Crippen molar-refractivity contribution >= 4 is 27.5 Å². The second-order valence-corrected chi connectivity index (χ2v) is 5.83. The van der Waals surface area contributed by atoms with Gasteiger partial charge in [-0.25, -0.2) is 4.39 Å². The first kappa shape index (κ1) is 15.4. The molecule has 3 N–H and O–H groups in total. The zero-order valence-electron chi connectivity index (χ0n) is 10.6. The third-order valence-corrected chi connectivity index (χ3v) is 4.03. The van der Waals surface area contributed by atoms with E-state index in [1.165, 1.54) is 12.1 Å². The van der Waals surface area contributed by atoms with Gasteiger partial charge in [0, 0.05) is 27.5 Å². The predicted molar refractivity (Wildman–Crippen MR) is 82.3 cm³/mol. The maximum absolute atomic E-state index is 13.3. The number of nitrogens with two attached hydrogens (primary N) is 1. The van der Waals surface area contributed by atoms with Crippen LogP contribution in [-0.4, -0.2) is 11.7 Å². The quantitative estimate of drug-likeness (QED) is 0.867. The molecule has 0 saturated carbocycles. The smallest absolute Gasteiger partial charge is 0.123 e. The third kappa shape index (κ3) is 3.38. The average molecular weight is 359 g/mol. The van der Waals surface area contributed by atoms with Gasteiger partial charge in [-0.2, -0.15) is 0 Å². The van der Waals surface area contributed by atoms with Gasteiger partial charge in [-0.05, 0) is 35.9 Å². The molecule has 0 radical (unpaired) electrons. The molecule has 106 valence electrons. The summed E-state index contributed by atoms with van der Waals surface area (Å²) in [7, 11) is 0. The fourth-order valence-electron chi connectivity index (χ4n) is 2.14. The van der Waals surface area contributed by atoms with Crippen LogP contribution in [0.5, 0.6) is 0 Å². The van der Waals surface area contributed by atoms with E-state index < -0.39 is 12.0 Å². The molecule has 2 rings (SSSR count). The topological polar surface area (TPSA) is 46.2 Å². The first-order chi connectivity index (χ1) is 9.52. The standard InChI is InChI=1S/C15H14BrClFNO/c16-10-4-5-14(17)12(7-10)15(20)13(8-19)9-2-1-3-11(18)6-9/h1-7,13,15,20H,8,19H2. The largest absolute Gasteiger partial charge is 0.388 e. The number of rotatable bonds is 4. The summed E-state index contributed by atoms with van der Waals surface area (Å²) in [4.78, 5) is 0. The van der Waals surface area contributed by atoms with Crippen LogP contribution in [0, 0.1) is 5.82 Å². The molecule has 2 atom stereocenters. The first-order valence-corrected chi connectivity index (χ1v) is 7.28. The maximum Gasteiger partial charge on any atom is 0.123 e. The minimum Gasteiger partial charge on any atom is -0.388 e. The summed E-state index contributed by atoms with van der Waals surface area (Å²) in [6.45, 7) is 0.188. The van der Waals surface area contributed by atoms with Crippen LogP contribution in [0.3, 0.4) is 0 Å². The SMILES string of the molecule is NCC(c1cccc(F)c1)C(O)c1cc(Br)ccc1Cl. The Labute approximate surface area is 130 Å². The van der Waals surface area contributed by atoms with Crippen molar-refractivity contribution in [2.45, 2.75) is 12.0 Å². The van der Waals surface area contributed by atoms with Crippen LogP contribution in [-0.2, 0) is 0 Å². The average Bonchev–Trinajstić information content (AvgIpc) is 2.42. The molecule has 2 nitrogen and oxygen atoms in total. The summed E-state index contributed by atoms with van der Waals surface area (Å²) >= 11 is 9.46. The molecule has 2 aromatic carbocycles. The summed E-state index contributed by atoms with van der Waals surface area (Å²) in [6, 6.07) is 11.3. The van der Waals surface area contributed by atoms with Crippen molar-refractivity contribution in [3.05, 3.63) is 68.9 Å². The number of aliphatic hydroxyl groups excluding tert-OH is 1. The Morgan fingerprint density at radius 3 is 2.65 bits per heavy atom. The minimum atomic E-state index is -0.896. The molecule has 2 unspecified atom stereocenters. The van der Waals surface area contributed by atoms with Gasteiger partial charge < -0.3 is 10.8 Å². The van der Waals surface area contributed by atoms with Gasteiger partial charge in [-0.1, -0.05) is 39.7 Å². The molecule has 0 aliphatic carbocycles. The first-order valence-electron chi connectivity index (χ1n) is 6.11. The lowest BCUT2D eigenvalue weighted by Gasteiger charge is -2.23. The molecule has 0 bridgehead atoms. The van der Waals surface area contributed by atoms with E-state index in [-0.39, 0.29) is 12.4 Å². The van der Waals surface area contributed by atoms with E-state index in [0.29, 0.717) is 16.1 Å². The number of aliphatic hydroxyl groups is 1. The molecule has 0 fully saturated rings. The van der Waals surface area contributed by atoms with Crippen molar-refractivity contribution < 1.29 is 9.50 Å².